The molecule has 0 aliphatic heterocycles. The Morgan fingerprint density at radius 2 is 1.86 bits per heavy atom. The molecule has 0 heterocycles. The third-order valence-corrected chi connectivity index (χ3v) is 2.57. The number of rotatable bonds is 6. The Kier molecular flexibility index (Phi) is 5.12. The van der Waals surface area contributed by atoms with Gasteiger partial charge >= 0.3 is 10.4 Å². The fourth-order valence-electron chi connectivity index (χ4n) is 1.44. The van der Waals surface area contributed by atoms with Crippen molar-refractivity contribution in [3.63, 3.8) is 0 Å². The molecule has 0 radical (unpaired) electrons. The molecule has 0 bridgehead atoms. The van der Waals surface area contributed by atoms with Crippen molar-refractivity contribution < 1.29 is 16.8 Å². The minimum atomic E-state index is -3.79. The first-order chi connectivity index (χ1) is 6.18. The fraction of sp³-hybridized carbons (Fsp3) is 1.00. The Labute approximate surface area is 87.6 Å². The first-order valence-corrected chi connectivity index (χ1v) is 5.97. The van der Waals surface area contributed by atoms with Crippen molar-refractivity contribution in [2.75, 3.05) is 13.7 Å². The summed E-state index contributed by atoms with van der Waals surface area (Å²) in [7, 11) is -1.79. The molecule has 0 saturated heterocycles. The average molecular weight is 222 g/mol. The quantitative estimate of drug-likeness (QED) is 0.636. The summed E-state index contributed by atoms with van der Waals surface area (Å²) in [5.41, 5.74) is 0. The lowest BCUT2D eigenvalue weighted by Gasteiger charge is -2.24. The van der Waals surface area contributed by atoms with Crippen LogP contribution in [-0.2, 0) is 18.8 Å². The van der Waals surface area contributed by atoms with Gasteiger partial charge in [0, 0.05) is 0 Å². The van der Waals surface area contributed by atoms with E-state index in [9.17, 15) is 8.42 Å². The molecule has 14 heavy (non-hydrogen) atoms. The monoisotopic (exact) mass is 222 g/mol. The van der Waals surface area contributed by atoms with Gasteiger partial charge in [-0.2, -0.15) is 8.42 Å². The highest BCUT2D eigenvalue weighted by Gasteiger charge is 2.24. The second-order valence-corrected chi connectivity index (χ2v) is 5.98. The highest BCUT2D eigenvalue weighted by molar-refractivity contribution is 7.81. The molecular weight excluding hydrogens is 203 g/mol. The predicted octanol–water partition coefficient (Wildman–Crippen LogP) is 1.36. The summed E-state index contributed by atoms with van der Waals surface area (Å²) in [5, 5.41) is -0.153. The molecular formula is C8H19BO4S. The van der Waals surface area contributed by atoms with Crippen LogP contribution in [0.5, 0.6) is 0 Å². The van der Waals surface area contributed by atoms with E-state index in [1.807, 2.05) is 13.8 Å². The summed E-state index contributed by atoms with van der Waals surface area (Å²) >= 11 is 0. The molecule has 0 aliphatic carbocycles. The van der Waals surface area contributed by atoms with Crippen LogP contribution >= 0.6 is 0 Å². The molecule has 0 aromatic carbocycles. The van der Waals surface area contributed by atoms with E-state index in [2.05, 4.69) is 18.0 Å². The Bertz CT molecular complexity index is 259. The van der Waals surface area contributed by atoms with Crippen LogP contribution in [0, 0.1) is 0 Å². The topological polar surface area (TPSA) is 52.6 Å². The van der Waals surface area contributed by atoms with E-state index in [4.69, 9.17) is 4.18 Å². The molecule has 0 aromatic heterocycles. The fourth-order valence-corrected chi connectivity index (χ4v) is 2.00. The molecule has 0 amide bonds. The summed E-state index contributed by atoms with van der Waals surface area (Å²) in [5.74, 6) is 0.513. The minimum Gasteiger partial charge on any atom is -0.252 e. The second kappa shape index (κ2) is 5.14. The van der Waals surface area contributed by atoms with Gasteiger partial charge in [-0.1, -0.05) is 33.5 Å². The molecule has 0 saturated carbocycles. The van der Waals surface area contributed by atoms with Gasteiger partial charge < -0.3 is 0 Å². The van der Waals surface area contributed by atoms with Crippen molar-refractivity contribution in [1.82, 2.24) is 0 Å². The van der Waals surface area contributed by atoms with Gasteiger partial charge in [0.2, 0.25) is 0 Å². The zero-order valence-corrected chi connectivity index (χ0v) is 10.3. The highest BCUT2D eigenvalue weighted by Crippen LogP contribution is 2.27. The van der Waals surface area contributed by atoms with Gasteiger partial charge in [0.05, 0.1) is 13.7 Å². The van der Waals surface area contributed by atoms with E-state index in [0.29, 0.717) is 5.82 Å². The Hall–Kier alpha value is -0.0651. The molecule has 0 aromatic rings. The Morgan fingerprint density at radius 1 is 1.36 bits per heavy atom. The van der Waals surface area contributed by atoms with Crippen molar-refractivity contribution >= 4 is 17.7 Å². The minimum absolute atomic E-state index is 0.153. The highest BCUT2D eigenvalue weighted by atomic mass is 32.3. The maximum atomic E-state index is 10.9. The Morgan fingerprint density at radius 3 is 2.21 bits per heavy atom. The average Bonchev–Trinajstić information content (AvgIpc) is 1.99. The largest absolute Gasteiger partial charge is 0.399 e. The van der Waals surface area contributed by atoms with Gasteiger partial charge in [-0.3, -0.25) is 4.18 Å². The molecule has 84 valence electrons. The normalized spacial score (nSPS) is 13.3. The molecule has 0 aliphatic rings. The smallest absolute Gasteiger partial charge is 0.252 e. The first kappa shape index (κ1) is 13.9. The molecule has 0 rings (SSSR count). The predicted molar refractivity (Wildman–Crippen MR) is 58.2 cm³/mol. The van der Waals surface area contributed by atoms with Gasteiger partial charge in [0.1, 0.15) is 7.28 Å². The number of hydrogen-bond donors (Lipinski definition) is 0. The Balaban J connectivity index is 4.12. The van der Waals surface area contributed by atoms with E-state index in [1.54, 1.807) is 0 Å². The lowest BCUT2D eigenvalue weighted by Crippen LogP contribution is -2.24. The molecule has 0 N–H and O–H groups in total. The van der Waals surface area contributed by atoms with Crippen LogP contribution in [0.4, 0.5) is 0 Å². The van der Waals surface area contributed by atoms with Crippen LogP contribution in [-0.4, -0.2) is 29.4 Å². The maximum absolute atomic E-state index is 10.9. The van der Waals surface area contributed by atoms with Gasteiger partial charge in [-0.05, 0) is 5.31 Å². The third-order valence-electron chi connectivity index (χ3n) is 1.76. The lowest BCUT2D eigenvalue weighted by atomic mass is 9.48. The van der Waals surface area contributed by atoms with E-state index in [-0.39, 0.29) is 11.9 Å². The van der Waals surface area contributed by atoms with E-state index in [1.165, 1.54) is 0 Å². The van der Waals surface area contributed by atoms with Crippen molar-refractivity contribution in [1.29, 1.82) is 0 Å². The van der Waals surface area contributed by atoms with Crippen molar-refractivity contribution in [2.45, 2.75) is 38.8 Å². The summed E-state index contributed by atoms with van der Waals surface area (Å²) in [6, 6.07) is 0. The maximum Gasteiger partial charge on any atom is 0.399 e. The van der Waals surface area contributed by atoms with Gasteiger partial charge in [-0.15, -0.1) is 0 Å². The van der Waals surface area contributed by atoms with Crippen molar-refractivity contribution in [2.24, 2.45) is 0 Å². The molecule has 0 atom stereocenters. The van der Waals surface area contributed by atoms with Crippen LogP contribution in [0.25, 0.3) is 0 Å². The van der Waals surface area contributed by atoms with E-state index >= 15 is 0 Å². The molecule has 0 spiro atoms. The van der Waals surface area contributed by atoms with Crippen LogP contribution < -0.4 is 0 Å². The zero-order valence-electron chi connectivity index (χ0n) is 9.53. The van der Waals surface area contributed by atoms with Crippen LogP contribution in [0.2, 0.25) is 11.1 Å². The van der Waals surface area contributed by atoms with Crippen LogP contribution in [0.1, 0.15) is 27.7 Å². The third kappa shape index (κ3) is 6.40. The van der Waals surface area contributed by atoms with E-state index < -0.39 is 10.4 Å². The second-order valence-electron chi connectivity index (χ2n) is 4.60. The summed E-state index contributed by atoms with van der Waals surface area (Å²) in [6.07, 6.45) is 0. The molecule has 0 fully saturated rings. The SMILES string of the molecule is COS(=O)(=O)OCC(C)(C)BC(C)C. The summed E-state index contributed by atoms with van der Waals surface area (Å²) in [6.45, 7) is 8.27. The summed E-state index contributed by atoms with van der Waals surface area (Å²) < 4.78 is 30.7. The standard InChI is InChI=1S/C8H19BO4S/c1-7(2)9-8(3,4)6-13-14(10,11)12-5/h7,9H,6H2,1-5H3. The summed E-state index contributed by atoms with van der Waals surface area (Å²) in [4.78, 5) is 0. The molecule has 4 nitrogen and oxygen atoms in total. The first-order valence-electron chi connectivity index (χ1n) is 4.63. The van der Waals surface area contributed by atoms with Crippen molar-refractivity contribution in [3.05, 3.63) is 0 Å². The van der Waals surface area contributed by atoms with Gasteiger partial charge in [0.25, 0.3) is 0 Å². The van der Waals surface area contributed by atoms with Crippen LogP contribution in [0.15, 0.2) is 0 Å². The number of hydrogen-bond acceptors (Lipinski definition) is 4. The van der Waals surface area contributed by atoms with Crippen LogP contribution in [0.3, 0.4) is 0 Å². The van der Waals surface area contributed by atoms with Crippen molar-refractivity contribution in [3.8, 4) is 0 Å². The lowest BCUT2D eigenvalue weighted by molar-refractivity contribution is 0.223. The van der Waals surface area contributed by atoms with Gasteiger partial charge in [-0.25, -0.2) is 4.18 Å². The van der Waals surface area contributed by atoms with Gasteiger partial charge in [0.15, 0.2) is 0 Å². The molecule has 6 heteroatoms. The molecule has 0 unspecified atom stereocenters. The van der Waals surface area contributed by atoms with E-state index in [0.717, 1.165) is 14.4 Å². The zero-order chi connectivity index (χ0) is 11.4.